The summed E-state index contributed by atoms with van der Waals surface area (Å²) >= 11 is 5.65. The zero-order valence-corrected chi connectivity index (χ0v) is 24.8. The lowest BCUT2D eigenvalue weighted by molar-refractivity contribution is -0.138. The number of Topliss-reactive ketones (excluding diaryl/α,β-unsaturated/α-hetero) is 1. The summed E-state index contributed by atoms with van der Waals surface area (Å²) in [4.78, 5) is 19.3. The van der Waals surface area contributed by atoms with Crippen LogP contribution in [-0.2, 0) is 36.9 Å². The minimum atomic E-state index is -4.54. The Hall–Kier alpha value is -4.53. The number of thiocarbonyl (C=S) groups is 1. The van der Waals surface area contributed by atoms with Gasteiger partial charge in [0.05, 0.1) is 23.5 Å². The number of ketones is 1. The van der Waals surface area contributed by atoms with Crippen molar-refractivity contribution in [3.8, 4) is 6.07 Å². The Morgan fingerprint density at radius 2 is 1.75 bits per heavy atom. The van der Waals surface area contributed by atoms with Crippen molar-refractivity contribution in [1.29, 1.82) is 5.26 Å². The Bertz CT molecular complexity index is 1580. The van der Waals surface area contributed by atoms with Gasteiger partial charge in [-0.1, -0.05) is 60.7 Å². The number of benzene rings is 3. The number of halogens is 3. The molecule has 4 aromatic rings. The zero-order chi connectivity index (χ0) is 31.5. The van der Waals surface area contributed by atoms with Crippen molar-refractivity contribution in [1.82, 2.24) is 19.8 Å². The van der Waals surface area contributed by atoms with E-state index < -0.39 is 17.7 Å². The van der Waals surface area contributed by atoms with Crippen LogP contribution in [0.4, 0.5) is 13.2 Å². The second-order valence-electron chi connectivity index (χ2n) is 10.4. The lowest BCUT2D eigenvalue weighted by Crippen LogP contribution is -2.45. The van der Waals surface area contributed by atoms with Crippen LogP contribution in [0.3, 0.4) is 0 Å². The third-order valence-corrected chi connectivity index (χ3v) is 7.68. The van der Waals surface area contributed by atoms with Crippen LogP contribution >= 0.6 is 12.2 Å². The minimum Gasteiger partial charge on any atom is -0.362 e. The highest BCUT2D eigenvalue weighted by molar-refractivity contribution is 7.80. The molecule has 7 nitrogen and oxygen atoms in total. The molecule has 0 unspecified atom stereocenters. The molecule has 0 fully saturated rings. The number of carbonyl (C=O) groups is 1. The third kappa shape index (κ3) is 8.99. The average molecular weight is 619 g/mol. The summed E-state index contributed by atoms with van der Waals surface area (Å²) in [5, 5.41) is 12.4. The first kappa shape index (κ1) is 32.4. The molecule has 0 radical (unpaired) electrons. The lowest BCUT2D eigenvalue weighted by atomic mass is 9.99. The molecule has 1 atom stereocenters. The van der Waals surface area contributed by atoms with Crippen molar-refractivity contribution in [3.63, 3.8) is 0 Å². The molecule has 0 spiro atoms. The molecule has 0 aliphatic carbocycles. The van der Waals surface area contributed by atoms with Crippen LogP contribution in [0.25, 0.3) is 0 Å². The Morgan fingerprint density at radius 1 is 1.05 bits per heavy atom. The quantitative estimate of drug-likeness (QED) is 0.201. The summed E-state index contributed by atoms with van der Waals surface area (Å²) in [6.07, 6.45) is -0.594. The van der Waals surface area contributed by atoms with E-state index in [1.807, 2.05) is 47.0 Å². The highest BCUT2D eigenvalue weighted by Gasteiger charge is 2.34. The van der Waals surface area contributed by atoms with Crippen LogP contribution in [0.15, 0.2) is 91.4 Å². The van der Waals surface area contributed by atoms with Crippen molar-refractivity contribution in [2.24, 2.45) is 11.7 Å². The predicted molar refractivity (Wildman–Crippen MR) is 166 cm³/mol. The van der Waals surface area contributed by atoms with Crippen LogP contribution in [-0.4, -0.2) is 45.0 Å². The molecule has 1 heterocycles. The van der Waals surface area contributed by atoms with E-state index in [1.54, 1.807) is 35.6 Å². The molecule has 0 bridgehead atoms. The molecule has 0 aliphatic rings. The highest BCUT2D eigenvalue weighted by Crippen LogP contribution is 2.32. The summed E-state index contributed by atoms with van der Waals surface area (Å²) in [7, 11) is 0. The number of nitrogens with one attached hydrogen (secondary N) is 1. The fourth-order valence-corrected chi connectivity index (χ4v) is 5.09. The molecule has 0 saturated heterocycles. The van der Waals surface area contributed by atoms with Crippen molar-refractivity contribution < 1.29 is 18.0 Å². The largest absolute Gasteiger partial charge is 0.416 e. The van der Waals surface area contributed by atoms with Crippen LogP contribution in [0.2, 0.25) is 0 Å². The molecule has 1 aromatic heterocycles. The maximum Gasteiger partial charge on any atom is 0.416 e. The van der Waals surface area contributed by atoms with E-state index in [4.69, 9.17) is 23.2 Å². The van der Waals surface area contributed by atoms with Gasteiger partial charge in [-0.15, -0.1) is 0 Å². The van der Waals surface area contributed by atoms with E-state index in [0.717, 1.165) is 17.2 Å². The summed E-state index contributed by atoms with van der Waals surface area (Å²) in [6.45, 7) is 0.815. The van der Waals surface area contributed by atoms with Gasteiger partial charge in [-0.3, -0.25) is 4.79 Å². The first-order valence-corrected chi connectivity index (χ1v) is 14.5. The number of imidazole rings is 1. The number of carbonyl (C=O) groups excluding carboxylic acids is 1. The van der Waals surface area contributed by atoms with Crippen LogP contribution in [0, 0.1) is 17.2 Å². The number of hydrogen-bond donors (Lipinski definition) is 2. The van der Waals surface area contributed by atoms with Crippen LogP contribution in [0.1, 0.15) is 33.5 Å². The number of aromatic nitrogens is 2. The second kappa shape index (κ2) is 15.3. The summed E-state index contributed by atoms with van der Waals surface area (Å²) in [5.74, 6) is -0.865. The van der Waals surface area contributed by atoms with E-state index in [-0.39, 0.29) is 42.5 Å². The molecular weight excluding hydrogens is 585 g/mol. The maximum absolute atomic E-state index is 13.8. The maximum atomic E-state index is 13.8. The average Bonchev–Trinajstić information content (AvgIpc) is 3.45. The van der Waals surface area contributed by atoms with Crippen LogP contribution in [0.5, 0.6) is 0 Å². The standard InChI is InChI=1S/C33H33F3N6OS/c34-33(35,36)30-9-5-4-8-27(30)21-41(32(44)40-15-14-24-6-2-1-3-7-24)22-28(18-38)31(43)16-29-19-39-23-42(29)20-26-12-10-25(17-37)11-13-26/h1-13,19,23,28H,14-16,18,20-22,38H2,(H,40,44)/t28-/m0/s1. The topological polar surface area (TPSA) is 100.0 Å². The van der Waals surface area contributed by atoms with E-state index in [9.17, 15) is 18.0 Å². The lowest BCUT2D eigenvalue weighted by Gasteiger charge is -2.30. The third-order valence-electron chi connectivity index (χ3n) is 7.27. The van der Waals surface area contributed by atoms with Gasteiger partial charge >= 0.3 is 6.18 Å². The van der Waals surface area contributed by atoms with Gasteiger partial charge in [-0.2, -0.15) is 18.4 Å². The van der Waals surface area contributed by atoms with Crippen molar-refractivity contribution in [3.05, 3.63) is 125 Å². The molecule has 4 rings (SSSR count). The van der Waals surface area contributed by atoms with Gasteiger partial charge in [0.2, 0.25) is 0 Å². The number of alkyl halides is 3. The fraction of sp³-hybridized carbons (Fsp3) is 0.273. The van der Waals surface area contributed by atoms with E-state index in [0.29, 0.717) is 30.8 Å². The summed E-state index contributed by atoms with van der Waals surface area (Å²) < 4.78 is 43.3. The molecule has 0 aliphatic heterocycles. The Labute approximate surface area is 260 Å². The Kier molecular flexibility index (Phi) is 11.2. The van der Waals surface area contributed by atoms with Gasteiger partial charge in [-0.25, -0.2) is 4.98 Å². The SMILES string of the molecule is N#Cc1ccc(Cn2cncc2CC(=O)[C@@H](CN)CN(Cc2ccccc2C(F)(F)F)C(=S)NCCc2ccccc2)cc1. The normalized spacial score (nSPS) is 11.9. The van der Waals surface area contributed by atoms with Crippen molar-refractivity contribution >= 4 is 23.1 Å². The van der Waals surface area contributed by atoms with Crippen molar-refractivity contribution in [2.45, 2.75) is 32.1 Å². The van der Waals surface area contributed by atoms with E-state index in [2.05, 4.69) is 16.4 Å². The first-order valence-electron chi connectivity index (χ1n) is 14.1. The summed E-state index contributed by atoms with van der Waals surface area (Å²) in [6, 6.07) is 24.3. The van der Waals surface area contributed by atoms with Gasteiger partial charge in [-0.05, 0) is 53.5 Å². The fourth-order valence-electron chi connectivity index (χ4n) is 4.85. The molecule has 228 valence electrons. The summed E-state index contributed by atoms with van der Waals surface area (Å²) in [5.41, 5.74) is 8.62. The number of nitriles is 1. The van der Waals surface area contributed by atoms with Gasteiger partial charge in [0, 0.05) is 57.0 Å². The molecule has 11 heteroatoms. The first-order chi connectivity index (χ1) is 21.2. The second-order valence-corrected chi connectivity index (χ2v) is 10.8. The smallest absolute Gasteiger partial charge is 0.362 e. The molecule has 3 aromatic carbocycles. The van der Waals surface area contributed by atoms with Gasteiger partial charge in [0.25, 0.3) is 0 Å². The molecule has 0 saturated carbocycles. The number of hydrogen-bond acceptors (Lipinski definition) is 5. The van der Waals surface area contributed by atoms with Crippen molar-refractivity contribution in [2.75, 3.05) is 19.6 Å². The van der Waals surface area contributed by atoms with E-state index in [1.165, 1.54) is 12.1 Å². The monoisotopic (exact) mass is 618 g/mol. The number of nitrogens with two attached hydrogens (primary N) is 1. The number of nitrogens with zero attached hydrogens (tertiary/aromatic N) is 4. The molecule has 0 amide bonds. The minimum absolute atomic E-state index is 0.00730. The highest BCUT2D eigenvalue weighted by atomic mass is 32.1. The van der Waals surface area contributed by atoms with E-state index >= 15 is 0 Å². The Morgan fingerprint density at radius 3 is 2.43 bits per heavy atom. The zero-order valence-electron chi connectivity index (χ0n) is 24.0. The van der Waals surface area contributed by atoms with Gasteiger partial charge < -0.3 is 20.5 Å². The predicted octanol–water partition coefficient (Wildman–Crippen LogP) is 5.13. The Balaban J connectivity index is 1.49. The molecule has 44 heavy (non-hydrogen) atoms. The molecule has 3 N–H and O–H groups in total. The van der Waals surface area contributed by atoms with Gasteiger partial charge in [0.15, 0.2) is 5.11 Å². The van der Waals surface area contributed by atoms with Crippen LogP contribution < -0.4 is 11.1 Å². The molecular formula is C33H33F3N6OS. The number of rotatable bonds is 13. The van der Waals surface area contributed by atoms with Gasteiger partial charge in [0.1, 0.15) is 5.78 Å².